The molecule has 138 valence electrons. The number of carbonyl (C=O) groups is 1. The molecule has 2 atom stereocenters. The van der Waals surface area contributed by atoms with Crippen LogP contribution in [0.3, 0.4) is 0 Å². The molecular weight excluding hydrogens is 326 g/mol. The van der Waals surface area contributed by atoms with Crippen LogP contribution in [0.4, 0.5) is 0 Å². The second kappa shape index (κ2) is 7.30. The molecule has 2 N–H and O–H groups in total. The third-order valence-corrected chi connectivity index (χ3v) is 7.15. The first kappa shape index (κ1) is 18.1. The summed E-state index contributed by atoms with van der Waals surface area (Å²) < 4.78 is 22.5. The zero-order valence-corrected chi connectivity index (χ0v) is 15.5. The van der Waals surface area contributed by atoms with Crippen molar-refractivity contribution in [2.75, 3.05) is 44.7 Å². The summed E-state index contributed by atoms with van der Waals surface area (Å²) in [6, 6.07) is 0.302. The highest BCUT2D eigenvalue weighted by Gasteiger charge is 2.41. The fourth-order valence-corrected chi connectivity index (χ4v) is 5.33. The van der Waals surface area contributed by atoms with Crippen LogP contribution >= 0.6 is 0 Å². The first-order valence-corrected chi connectivity index (χ1v) is 11.3. The van der Waals surface area contributed by atoms with E-state index in [9.17, 15) is 13.2 Å². The third kappa shape index (κ3) is 4.29. The average Bonchev–Trinajstić information content (AvgIpc) is 2.52. The lowest BCUT2D eigenvalue weighted by Gasteiger charge is -2.45. The Hall–Kier alpha value is -0.660. The van der Waals surface area contributed by atoms with Gasteiger partial charge in [0, 0.05) is 50.9 Å². The summed E-state index contributed by atoms with van der Waals surface area (Å²) in [5.74, 6) is 1.72. The Bertz CT molecular complexity index is 543. The second-order valence-electron chi connectivity index (χ2n) is 7.99. The van der Waals surface area contributed by atoms with Gasteiger partial charge in [0.15, 0.2) is 0 Å². The monoisotopic (exact) mass is 357 g/mol. The number of hydrogen-bond acceptors (Lipinski definition) is 5. The van der Waals surface area contributed by atoms with Crippen molar-refractivity contribution in [3.8, 4) is 0 Å². The third-order valence-electron chi connectivity index (χ3n) is 6.22. The van der Waals surface area contributed by atoms with Gasteiger partial charge in [-0.3, -0.25) is 9.69 Å². The van der Waals surface area contributed by atoms with E-state index >= 15 is 0 Å². The fourth-order valence-electron chi connectivity index (χ4n) is 4.74. The molecular formula is C17H31N3O3S. The molecule has 0 radical (unpaired) electrons. The largest absolute Gasteiger partial charge is 0.340 e. The molecule has 1 aliphatic heterocycles. The smallest absolute Gasteiger partial charge is 0.225 e. The van der Waals surface area contributed by atoms with Gasteiger partial charge in [-0.25, -0.2) is 8.42 Å². The minimum atomic E-state index is -2.92. The fraction of sp³-hybridized carbons (Fsp3) is 0.941. The zero-order valence-electron chi connectivity index (χ0n) is 14.7. The number of amides is 1. The molecule has 2 saturated carbocycles. The predicted octanol–water partition coefficient (Wildman–Crippen LogP) is 0.329. The minimum Gasteiger partial charge on any atom is -0.340 e. The molecule has 1 amide bonds. The quantitative estimate of drug-likeness (QED) is 0.784. The number of fused-ring (bicyclic) bond motifs is 2. The van der Waals surface area contributed by atoms with Gasteiger partial charge in [-0.05, 0) is 37.5 Å². The van der Waals surface area contributed by atoms with E-state index in [0.29, 0.717) is 30.3 Å². The lowest BCUT2D eigenvalue weighted by Crippen LogP contribution is -2.54. The van der Waals surface area contributed by atoms with Crippen molar-refractivity contribution in [2.24, 2.45) is 23.5 Å². The Morgan fingerprint density at radius 3 is 2.21 bits per heavy atom. The molecule has 1 heterocycles. The maximum Gasteiger partial charge on any atom is 0.225 e. The summed E-state index contributed by atoms with van der Waals surface area (Å²) in [6.45, 7) is 3.57. The molecule has 0 aromatic rings. The molecule has 1 saturated heterocycles. The lowest BCUT2D eigenvalue weighted by molar-refractivity contribution is -0.140. The van der Waals surface area contributed by atoms with Crippen LogP contribution in [0.25, 0.3) is 0 Å². The molecule has 3 rings (SSSR count). The standard InChI is InChI=1S/C17H31N3O3S/c1-24(22,23)10-9-19-5-7-20(8-6-19)17(21)15-11-13-3-2-4-14(12-15)16(13)18/h13-16H,2-12,18H2,1H3. The van der Waals surface area contributed by atoms with E-state index in [2.05, 4.69) is 4.90 Å². The highest BCUT2D eigenvalue weighted by molar-refractivity contribution is 7.90. The highest BCUT2D eigenvalue weighted by Crippen LogP contribution is 2.42. The zero-order chi connectivity index (χ0) is 17.3. The molecule has 0 spiro atoms. The van der Waals surface area contributed by atoms with Crippen LogP contribution < -0.4 is 5.73 Å². The van der Waals surface area contributed by atoms with Crippen molar-refractivity contribution in [2.45, 2.75) is 38.1 Å². The van der Waals surface area contributed by atoms with Crippen molar-refractivity contribution in [1.29, 1.82) is 0 Å². The number of sulfone groups is 1. The van der Waals surface area contributed by atoms with Crippen molar-refractivity contribution in [3.05, 3.63) is 0 Å². The number of carbonyl (C=O) groups excluding carboxylic acids is 1. The first-order valence-electron chi connectivity index (χ1n) is 9.28. The van der Waals surface area contributed by atoms with E-state index in [4.69, 9.17) is 5.73 Å². The van der Waals surface area contributed by atoms with Gasteiger partial charge in [-0.15, -0.1) is 0 Å². The summed E-state index contributed by atoms with van der Waals surface area (Å²) in [5, 5.41) is 0. The first-order chi connectivity index (χ1) is 11.3. The SMILES string of the molecule is CS(=O)(=O)CCN1CCN(C(=O)C2CC3CCCC(C2)C3N)CC1. The molecule has 24 heavy (non-hydrogen) atoms. The van der Waals surface area contributed by atoms with Gasteiger partial charge in [-0.1, -0.05) is 6.42 Å². The van der Waals surface area contributed by atoms with E-state index in [0.717, 1.165) is 39.0 Å². The van der Waals surface area contributed by atoms with E-state index < -0.39 is 9.84 Å². The van der Waals surface area contributed by atoms with Crippen molar-refractivity contribution in [1.82, 2.24) is 9.80 Å². The topological polar surface area (TPSA) is 83.7 Å². The molecule has 3 aliphatic rings. The lowest BCUT2D eigenvalue weighted by atomic mass is 9.65. The normalized spacial score (nSPS) is 35.0. The van der Waals surface area contributed by atoms with Gasteiger partial charge < -0.3 is 10.6 Å². The molecule has 0 aromatic carbocycles. The summed E-state index contributed by atoms with van der Waals surface area (Å²) >= 11 is 0. The summed E-state index contributed by atoms with van der Waals surface area (Å²) in [5.41, 5.74) is 6.33. The molecule has 3 fully saturated rings. The second-order valence-corrected chi connectivity index (χ2v) is 10.3. The number of piperazine rings is 1. The van der Waals surface area contributed by atoms with Gasteiger partial charge in [0.2, 0.25) is 5.91 Å². The Morgan fingerprint density at radius 1 is 1.08 bits per heavy atom. The summed E-state index contributed by atoms with van der Waals surface area (Å²) in [6.07, 6.45) is 6.83. The van der Waals surface area contributed by atoms with E-state index in [-0.39, 0.29) is 11.7 Å². The van der Waals surface area contributed by atoms with Crippen LogP contribution in [0.2, 0.25) is 0 Å². The van der Waals surface area contributed by atoms with E-state index in [1.165, 1.54) is 25.5 Å². The number of rotatable bonds is 4. The van der Waals surface area contributed by atoms with Crippen LogP contribution in [0.5, 0.6) is 0 Å². The van der Waals surface area contributed by atoms with Crippen LogP contribution in [-0.4, -0.2) is 74.9 Å². The van der Waals surface area contributed by atoms with Crippen LogP contribution in [0.15, 0.2) is 0 Å². The number of nitrogens with two attached hydrogens (primary N) is 1. The van der Waals surface area contributed by atoms with Gasteiger partial charge in [0.25, 0.3) is 0 Å². The number of hydrogen-bond donors (Lipinski definition) is 1. The van der Waals surface area contributed by atoms with E-state index in [1.54, 1.807) is 0 Å². The van der Waals surface area contributed by atoms with Gasteiger partial charge in [0.05, 0.1) is 5.75 Å². The Labute approximate surface area is 145 Å². The Balaban J connectivity index is 1.49. The maximum atomic E-state index is 12.9. The van der Waals surface area contributed by atoms with Gasteiger partial charge >= 0.3 is 0 Å². The minimum absolute atomic E-state index is 0.155. The molecule has 0 aromatic heterocycles. The maximum absolute atomic E-state index is 12.9. The average molecular weight is 358 g/mol. The van der Waals surface area contributed by atoms with Crippen molar-refractivity contribution < 1.29 is 13.2 Å². The molecule has 6 nitrogen and oxygen atoms in total. The molecule has 7 heteroatoms. The van der Waals surface area contributed by atoms with Gasteiger partial charge in [0.1, 0.15) is 9.84 Å². The predicted molar refractivity (Wildman–Crippen MR) is 94.3 cm³/mol. The Morgan fingerprint density at radius 2 is 1.67 bits per heavy atom. The molecule has 2 unspecified atom stereocenters. The van der Waals surface area contributed by atoms with Crippen LogP contribution in [0.1, 0.15) is 32.1 Å². The Kier molecular flexibility index (Phi) is 5.52. The van der Waals surface area contributed by atoms with E-state index in [1.807, 2.05) is 4.90 Å². The van der Waals surface area contributed by atoms with Gasteiger partial charge in [-0.2, -0.15) is 0 Å². The van der Waals surface area contributed by atoms with Crippen molar-refractivity contribution in [3.63, 3.8) is 0 Å². The molecule has 2 aliphatic carbocycles. The highest BCUT2D eigenvalue weighted by atomic mass is 32.2. The molecule has 2 bridgehead atoms. The van der Waals surface area contributed by atoms with Crippen LogP contribution in [0, 0.1) is 17.8 Å². The summed E-state index contributed by atoms with van der Waals surface area (Å²) in [4.78, 5) is 17.0. The number of nitrogens with zero attached hydrogens (tertiary/aromatic N) is 2. The van der Waals surface area contributed by atoms with Crippen LogP contribution in [-0.2, 0) is 14.6 Å². The van der Waals surface area contributed by atoms with Crippen molar-refractivity contribution >= 4 is 15.7 Å². The summed E-state index contributed by atoms with van der Waals surface area (Å²) in [7, 11) is -2.92.